The van der Waals surface area contributed by atoms with Crippen LogP contribution >= 0.6 is 15.9 Å². The molecule has 1 aliphatic rings. The molecule has 1 aromatic rings. The van der Waals surface area contributed by atoms with E-state index in [0.717, 1.165) is 28.9 Å². The average molecular weight is 299 g/mol. The van der Waals surface area contributed by atoms with Crippen LogP contribution in [0.15, 0.2) is 22.7 Å². The van der Waals surface area contributed by atoms with Crippen LogP contribution in [-0.2, 0) is 0 Å². The van der Waals surface area contributed by atoms with E-state index in [4.69, 9.17) is 4.74 Å². The van der Waals surface area contributed by atoms with Crippen molar-refractivity contribution in [3.63, 3.8) is 0 Å². The highest BCUT2D eigenvalue weighted by atomic mass is 79.9. The summed E-state index contributed by atoms with van der Waals surface area (Å²) in [5, 5.41) is 3.18. The van der Waals surface area contributed by atoms with E-state index >= 15 is 0 Å². The molecule has 0 amide bonds. The number of nitrogens with one attached hydrogen (secondary N) is 1. The molecule has 0 bridgehead atoms. The van der Waals surface area contributed by atoms with E-state index in [1.54, 1.807) is 0 Å². The molecule has 0 spiro atoms. The minimum atomic E-state index is 0.235. The Hall–Kier alpha value is -0.740. The van der Waals surface area contributed by atoms with Gasteiger partial charge in [-0.3, -0.25) is 0 Å². The Bertz CT molecular complexity index is 397. The Labute approximate surface area is 111 Å². The van der Waals surface area contributed by atoms with Gasteiger partial charge in [-0.05, 0) is 55.0 Å². The van der Waals surface area contributed by atoms with Crippen LogP contribution in [0.2, 0.25) is 0 Å². The topological polar surface area (TPSA) is 24.5 Å². The Morgan fingerprint density at radius 2 is 2.24 bits per heavy atom. The molecule has 2 rings (SSSR count). The molecule has 0 saturated carbocycles. The Morgan fingerprint density at radius 3 is 2.94 bits per heavy atom. The van der Waals surface area contributed by atoms with Crippen molar-refractivity contribution in [1.82, 2.24) is 5.32 Å². The van der Waals surface area contributed by atoms with E-state index in [1.807, 2.05) is 19.2 Å². The molecular formula is C13H19BrN2O. The van der Waals surface area contributed by atoms with Crippen LogP contribution in [0.1, 0.15) is 13.3 Å². The minimum Gasteiger partial charge on any atom is -0.485 e. The predicted octanol–water partition coefficient (Wildman–Crippen LogP) is 2.64. The summed E-state index contributed by atoms with van der Waals surface area (Å²) in [7, 11) is 4.10. The largest absolute Gasteiger partial charge is 0.485 e. The van der Waals surface area contributed by atoms with Gasteiger partial charge in [-0.2, -0.15) is 0 Å². The first-order valence-corrected chi connectivity index (χ1v) is 6.77. The fourth-order valence-electron chi connectivity index (χ4n) is 2.20. The summed E-state index contributed by atoms with van der Waals surface area (Å²) < 4.78 is 7.15. The van der Waals surface area contributed by atoms with Crippen molar-refractivity contribution >= 4 is 21.6 Å². The zero-order chi connectivity index (χ0) is 12.4. The van der Waals surface area contributed by atoms with Crippen molar-refractivity contribution in [2.75, 3.05) is 25.5 Å². The second-order valence-electron chi connectivity index (χ2n) is 4.49. The molecule has 0 radical (unpaired) electrons. The number of hydrogen-bond donors (Lipinski definition) is 1. The fourth-order valence-corrected chi connectivity index (χ4v) is 2.65. The van der Waals surface area contributed by atoms with Gasteiger partial charge in [-0.1, -0.05) is 6.07 Å². The van der Waals surface area contributed by atoms with Crippen molar-refractivity contribution in [2.45, 2.75) is 25.5 Å². The molecular weight excluding hydrogens is 280 g/mol. The van der Waals surface area contributed by atoms with Gasteiger partial charge < -0.3 is 15.0 Å². The number of rotatable bonds is 3. The summed E-state index contributed by atoms with van der Waals surface area (Å²) in [6.07, 6.45) is 1.25. The number of fused-ring (bicyclic) bond motifs is 1. The molecule has 1 aliphatic heterocycles. The molecule has 17 heavy (non-hydrogen) atoms. The highest BCUT2D eigenvalue weighted by molar-refractivity contribution is 9.10. The third kappa shape index (κ3) is 2.43. The van der Waals surface area contributed by atoms with Crippen LogP contribution < -0.4 is 15.0 Å². The summed E-state index contributed by atoms with van der Waals surface area (Å²) in [4.78, 5) is 2.30. The molecule has 0 aliphatic carbocycles. The Morgan fingerprint density at radius 1 is 1.47 bits per heavy atom. The van der Waals surface area contributed by atoms with Gasteiger partial charge in [0, 0.05) is 7.05 Å². The number of likely N-dealkylation sites (N-methyl/N-ethyl adjacent to an activating group) is 1. The third-order valence-electron chi connectivity index (χ3n) is 3.42. The molecule has 1 aromatic carbocycles. The van der Waals surface area contributed by atoms with Crippen LogP contribution in [0.4, 0.5) is 5.69 Å². The molecule has 0 fully saturated rings. The molecule has 4 heteroatoms. The van der Waals surface area contributed by atoms with Gasteiger partial charge in [-0.25, -0.2) is 0 Å². The summed E-state index contributed by atoms with van der Waals surface area (Å²) in [6.45, 7) is 3.19. The number of benzene rings is 1. The van der Waals surface area contributed by atoms with Gasteiger partial charge in [-0.15, -0.1) is 0 Å². The monoisotopic (exact) mass is 298 g/mol. The van der Waals surface area contributed by atoms with E-state index in [9.17, 15) is 0 Å². The van der Waals surface area contributed by atoms with Gasteiger partial charge in [0.2, 0.25) is 0 Å². The fraction of sp³-hybridized carbons (Fsp3) is 0.538. The molecule has 3 nitrogen and oxygen atoms in total. The first-order valence-electron chi connectivity index (χ1n) is 5.97. The first-order chi connectivity index (χ1) is 8.15. The zero-order valence-corrected chi connectivity index (χ0v) is 12.1. The molecule has 0 aromatic heterocycles. The van der Waals surface area contributed by atoms with Crippen molar-refractivity contribution in [3.8, 4) is 5.75 Å². The number of hydrogen-bond acceptors (Lipinski definition) is 3. The highest BCUT2D eigenvalue weighted by Gasteiger charge is 2.31. The summed E-state index contributed by atoms with van der Waals surface area (Å²) in [5.41, 5.74) is 1.16. The van der Waals surface area contributed by atoms with E-state index in [0.29, 0.717) is 6.04 Å². The maximum Gasteiger partial charge on any atom is 0.157 e. The van der Waals surface area contributed by atoms with E-state index in [-0.39, 0.29) is 6.10 Å². The second-order valence-corrected chi connectivity index (χ2v) is 5.34. The minimum absolute atomic E-state index is 0.235. The first kappa shape index (κ1) is 12.7. The second kappa shape index (κ2) is 5.27. The van der Waals surface area contributed by atoms with Crippen molar-refractivity contribution < 1.29 is 4.74 Å². The van der Waals surface area contributed by atoms with Crippen LogP contribution in [0.25, 0.3) is 0 Å². The maximum atomic E-state index is 6.12. The number of para-hydroxylation sites is 1. The maximum absolute atomic E-state index is 6.12. The highest BCUT2D eigenvalue weighted by Crippen LogP contribution is 2.41. The van der Waals surface area contributed by atoms with Crippen molar-refractivity contribution in [1.29, 1.82) is 0 Å². The van der Waals surface area contributed by atoms with E-state index < -0.39 is 0 Å². The smallest absolute Gasteiger partial charge is 0.157 e. The molecule has 1 N–H and O–H groups in total. The lowest BCUT2D eigenvalue weighted by Crippen LogP contribution is -2.47. The molecule has 2 unspecified atom stereocenters. The Balaban J connectivity index is 2.26. The van der Waals surface area contributed by atoms with Crippen LogP contribution in [-0.4, -0.2) is 32.8 Å². The SMILES string of the molecule is CNCCC1Oc2c(Br)cccc2N(C)C1C. The van der Waals surface area contributed by atoms with Gasteiger partial charge in [0.25, 0.3) is 0 Å². The standard InChI is InChI=1S/C13H19BrN2O/c1-9-12(7-8-15-2)17-13-10(14)5-4-6-11(13)16(9)3/h4-6,9,12,15H,7-8H2,1-3H3. The lowest BCUT2D eigenvalue weighted by Gasteiger charge is -2.40. The average Bonchev–Trinajstić information content (AvgIpc) is 2.33. The lowest BCUT2D eigenvalue weighted by atomic mass is 10.0. The normalized spacial score (nSPS) is 23.2. The van der Waals surface area contributed by atoms with Crippen molar-refractivity contribution in [2.24, 2.45) is 0 Å². The molecule has 94 valence electrons. The Kier molecular flexibility index (Phi) is 3.94. The van der Waals surface area contributed by atoms with Crippen molar-refractivity contribution in [3.05, 3.63) is 22.7 Å². The summed E-state index contributed by atoms with van der Waals surface area (Å²) in [6, 6.07) is 6.57. The van der Waals surface area contributed by atoms with Crippen LogP contribution in [0.3, 0.4) is 0 Å². The number of ether oxygens (including phenoxy) is 1. The van der Waals surface area contributed by atoms with E-state index in [2.05, 4.69) is 46.2 Å². The van der Waals surface area contributed by atoms with Gasteiger partial charge >= 0.3 is 0 Å². The zero-order valence-electron chi connectivity index (χ0n) is 10.5. The van der Waals surface area contributed by atoms with Crippen LogP contribution in [0.5, 0.6) is 5.75 Å². The van der Waals surface area contributed by atoms with E-state index in [1.165, 1.54) is 0 Å². The van der Waals surface area contributed by atoms with Gasteiger partial charge in [0.15, 0.2) is 5.75 Å². The quantitative estimate of drug-likeness (QED) is 0.928. The number of anilines is 1. The van der Waals surface area contributed by atoms with Gasteiger partial charge in [0.1, 0.15) is 6.10 Å². The molecule has 0 saturated heterocycles. The summed E-state index contributed by atoms with van der Waals surface area (Å²) >= 11 is 3.56. The summed E-state index contributed by atoms with van der Waals surface area (Å²) in [5.74, 6) is 0.967. The lowest BCUT2D eigenvalue weighted by molar-refractivity contribution is 0.150. The number of nitrogens with zero attached hydrogens (tertiary/aromatic N) is 1. The number of halogens is 1. The molecule has 1 heterocycles. The van der Waals surface area contributed by atoms with Gasteiger partial charge in [0.05, 0.1) is 16.2 Å². The third-order valence-corrected chi connectivity index (χ3v) is 4.05. The predicted molar refractivity (Wildman–Crippen MR) is 75.0 cm³/mol. The molecule has 2 atom stereocenters. The van der Waals surface area contributed by atoms with Crippen LogP contribution in [0, 0.1) is 0 Å².